The van der Waals surface area contributed by atoms with E-state index in [2.05, 4.69) is 57.1 Å². The van der Waals surface area contributed by atoms with Crippen LogP contribution in [0.5, 0.6) is 0 Å². The molecular weight excluding hydrogens is 328 g/mol. The monoisotopic (exact) mass is 370 g/mol. The van der Waals surface area contributed by atoms with Crippen molar-refractivity contribution in [1.29, 1.82) is 0 Å². The molecule has 2 N–H and O–H groups in total. The lowest BCUT2D eigenvalue weighted by atomic mass is 10.0. The number of hydrogen-bond donors (Lipinski definition) is 2. The van der Waals surface area contributed by atoms with E-state index in [1.807, 2.05) is 0 Å². The Labute approximate surface area is 161 Å². The molecule has 3 atom stereocenters. The van der Waals surface area contributed by atoms with Crippen LogP contribution in [-0.2, 0) is 9.47 Å². The zero-order valence-corrected chi connectivity index (χ0v) is 17.9. The third-order valence-electron chi connectivity index (χ3n) is 4.59. The van der Waals surface area contributed by atoms with Crippen LogP contribution in [0.1, 0.15) is 54.4 Å². The van der Waals surface area contributed by atoms with Gasteiger partial charge in [0.15, 0.2) is 5.96 Å². The first-order valence-electron chi connectivity index (χ1n) is 10.5. The van der Waals surface area contributed by atoms with Crippen LogP contribution in [0.15, 0.2) is 4.99 Å². The first-order valence-corrected chi connectivity index (χ1v) is 10.5. The van der Waals surface area contributed by atoms with Crippen LogP contribution in [0.25, 0.3) is 0 Å². The summed E-state index contributed by atoms with van der Waals surface area (Å²) in [6.07, 6.45) is 3.05. The van der Waals surface area contributed by atoms with Gasteiger partial charge in [-0.15, -0.1) is 0 Å². The van der Waals surface area contributed by atoms with Crippen molar-refractivity contribution in [3.8, 4) is 0 Å². The van der Waals surface area contributed by atoms with E-state index in [4.69, 9.17) is 14.5 Å². The molecule has 1 fully saturated rings. The van der Waals surface area contributed by atoms with Gasteiger partial charge in [-0.1, -0.05) is 13.8 Å². The second kappa shape index (κ2) is 13.3. The number of ether oxygens (including phenoxy) is 2. The minimum atomic E-state index is 0.306. The van der Waals surface area contributed by atoms with Crippen molar-refractivity contribution >= 4 is 5.96 Å². The van der Waals surface area contributed by atoms with E-state index in [-0.39, 0.29) is 0 Å². The zero-order valence-electron chi connectivity index (χ0n) is 17.9. The summed E-state index contributed by atoms with van der Waals surface area (Å²) in [4.78, 5) is 7.21. The van der Waals surface area contributed by atoms with E-state index in [9.17, 15) is 0 Å². The summed E-state index contributed by atoms with van der Waals surface area (Å²) >= 11 is 0. The molecule has 1 rings (SSSR count). The van der Waals surface area contributed by atoms with Crippen molar-refractivity contribution in [2.24, 2.45) is 10.9 Å². The van der Waals surface area contributed by atoms with Gasteiger partial charge in [-0.05, 0) is 46.5 Å². The molecule has 0 radical (unpaired) electrons. The topological polar surface area (TPSA) is 58.1 Å². The average Bonchev–Trinajstić information content (AvgIpc) is 2.56. The van der Waals surface area contributed by atoms with E-state index in [1.54, 1.807) is 0 Å². The van der Waals surface area contributed by atoms with E-state index in [0.29, 0.717) is 24.2 Å². The number of morpholine rings is 1. The normalized spacial score (nSPS) is 23.3. The number of hydrogen-bond acceptors (Lipinski definition) is 4. The van der Waals surface area contributed by atoms with Gasteiger partial charge in [0.2, 0.25) is 0 Å². The van der Waals surface area contributed by atoms with Crippen molar-refractivity contribution in [1.82, 2.24) is 15.5 Å². The smallest absolute Gasteiger partial charge is 0.191 e. The molecule has 0 spiro atoms. The molecule has 0 aromatic rings. The summed E-state index contributed by atoms with van der Waals surface area (Å²) in [5.41, 5.74) is 0. The molecule has 1 aliphatic heterocycles. The first-order chi connectivity index (χ1) is 12.5. The van der Waals surface area contributed by atoms with Crippen LogP contribution in [0.4, 0.5) is 0 Å². The van der Waals surface area contributed by atoms with Crippen LogP contribution in [-0.4, -0.2) is 75.0 Å². The number of guanidine groups is 1. The van der Waals surface area contributed by atoms with E-state index in [1.165, 1.54) is 0 Å². The lowest BCUT2D eigenvalue weighted by Gasteiger charge is -2.35. The van der Waals surface area contributed by atoms with Gasteiger partial charge in [0.25, 0.3) is 0 Å². The Morgan fingerprint density at radius 3 is 2.46 bits per heavy atom. The standard InChI is InChI=1S/C20H42N4O2/c1-7-21-20(23-12-10-19(16(3)4)25-8-2)22-11-9-13-24-14-17(5)26-18(6)15-24/h16-19H,7-15H2,1-6H3,(H2,21,22,23). The number of rotatable bonds is 11. The fourth-order valence-corrected chi connectivity index (χ4v) is 3.45. The highest BCUT2D eigenvalue weighted by Gasteiger charge is 2.21. The molecule has 0 aromatic carbocycles. The minimum Gasteiger partial charge on any atom is -0.378 e. The Morgan fingerprint density at radius 1 is 1.19 bits per heavy atom. The summed E-state index contributed by atoms with van der Waals surface area (Å²) in [5, 5.41) is 6.78. The average molecular weight is 371 g/mol. The molecule has 154 valence electrons. The molecule has 26 heavy (non-hydrogen) atoms. The maximum absolute atomic E-state index is 5.81. The number of nitrogens with zero attached hydrogens (tertiary/aromatic N) is 2. The van der Waals surface area contributed by atoms with E-state index < -0.39 is 0 Å². The maximum atomic E-state index is 5.81. The fraction of sp³-hybridized carbons (Fsp3) is 0.950. The van der Waals surface area contributed by atoms with Gasteiger partial charge < -0.3 is 20.1 Å². The molecular formula is C20H42N4O2. The minimum absolute atomic E-state index is 0.306. The summed E-state index contributed by atoms with van der Waals surface area (Å²) in [6.45, 7) is 19.4. The molecule has 3 unspecified atom stereocenters. The first kappa shape index (κ1) is 23.2. The lowest BCUT2D eigenvalue weighted by Crippen LogP contribution is -2.45. The van der Waals surface area contributed by atoms with Gasteiger partial charge in [0.05, 0.1) is 18.3 Å². The summed E-state index contributed by atoms with van der Waals surface area (Å²) < 4.78 is 11.6. The molecule has 1 aliphatic rings. The zero-order chi connectivity index (χ0) is 19.4. The summed E-state index contributed by atoms with van der Waals surface area (Å²) in [5.74, 6) is 1.45. The van der Waals surface area contributed by atoms with E-state index >= 15 is 0 Å². The van der Waals surface area contributed by atoms with Crippen molar-refractivity contribution in [3.05, 3.63) is 0 Å². The van der Waals surface area contributed by atoms with Crippen LogP contribution in [0, 0.1) is 5.92 Å². The van der Waals surface area contributed by atoms with Gasteiger partial charge in [-0.2, -0.15) is 0 Å². The highest BCUT2D eigenvalue weighted by Crippen LogP contribution is 2.11. The van der Waals surface area contributed by atoms with Gasteiger partial charge in [0.1, 0.15) is 0 Å². The van der Waals surface area contributed by atoms with Crippen molar-refractivity contribution in [3.63, 3.8) is 0 Å². The molecule has 0 bridgehead atoms. The van der Waals surface area contributed by atoms with Crippen LogP contribution in [0.2, 0.25) is 0 Å². The molecule has 1 saturated heterocycles. The van der Waals surface area contributed by atoms with Gasteiger partial charge >= 0.3 is 0 Å². The third-order valence-corrected chi connectivity index (χ3v) is 4.59. The molecule has 6 heteroatoms. The van der Waals surface area contributed by atoms with Crippen LogP contribution >= 0.6 is 0 Å². The molecule has 0 saturated carbocycles. The molecule has 0 amide bonds. The van der Waals surface area contributed by atoms with Gasteiger partial charge in [-0.3, -0.25) is 9.89 Å². The Balaban J connectivity index is 2.31. The third kappa shape index (κ3) is 9.74. The number of aliphatic imine (C=N–C) groups is 1. The Bertz CT molecular complexity index is 380. The largest absolute Gasteiger partial charge is 0.378 e. The Morgan fingerprint density at radius 2 is 1.88 bits per heavy atom. The van der Waals surface area contributed by atoms with Crippen LogP contribution < -0.4 is 10.6 Å². The van der Waals surface area contributed by atoms with Gasteiger partial charge in [0, 0.05) is 45.9 Å². The molecule has 1 heterocycles. The molecule has 6 nitrogen and oxygen atoms in total. The maximum Gasteiger partial charge on any atom is 0.191 e. The summed E-state index contributed by atoms with van der Waals surface area (Å²) in [7, 11) is 0. The van der Waals surface area contributed by atoms with E-state index in [0.717, 1.165) is 64.7 Å². The fourth-order valence-electron chi connectivity index (χ4n) is 3.45. The predicted octanol–water partition coefficient (Wildman–Crippen LogP) is 2.49. The highest BCUT2D eigenvalue weighted by atomic mass is 16.5. The Hall–Kier alpha value is -0.850. The van der Waals surface area contributed by atoms with Crippen molar-refractivity contribution in [2.75, 3.05) is 45.9 Å². The summed E-state index contributed by atoms with van der Waals surface area (Å²) in [6, 6.07) is 0. The second-order valence-corrected chi connectivity index (χ2v) is 7.58. The highest BCUT2D eigenvalue weighted by molar-refractivity contribution is 5.79. The quantitative estimate of drug-likeness (QED) is 0.332. The van der Waals surface area contributed by atoms with Crippen molar-refractivity contribution in [2.45, 2.75) is 72.7 Å². The Kier molecular flexibility index (Phi) is 11.9. The van der Waals surface area contributed by atoms with Crippen molar-refractivity contribution < 1.29 is 9.47 Å². The number of nitrogens with one attached hydrogen (secondary N) is 2. The lowest BCUT2D eigenvalue weighted by molar-refractivity contribution is -0.0679. The molecule has 0 aliphatic carbocycles. The van der Waals surface area contributed by atoms with Crippen LogP contribution in [0.3, 0.4) is 0 Å². The predicted molar refractivity (Wildman–Crippen MR) is 110 cm³/mol. The SMILES string of the molecule is CCNC(=NCCCN1CC(C)OC(C)C1)NCCC(OCC)C(C)C. The van der Waals surface area contributed by atoms with Gasteiger partial charge in [-0.25, -0.2) is 0 Å². The second-order valence-electron chi connectivity index (χ2n) is 7.58. The molecule has 0 aromatic heterocycles.